The largest absolute Gasteiger partial charge is 0.490 e. The van der Waals surface area contributed by atoms with E-state index in [0.717, 1.165) is 24.3 Å². The molecule has 0 bridgehead atoms. The molecule has 1 aliphatic heterocycles. The van der Waals surface area contributed by atoms with Gasteiger partial charge in [0.25, 0.3) is 0 Å². The number of hydrogen-bond donors (Lipinski definition) is 2. The molecule has 1 saturated heterocycles. The van der Waals surface area contributed by atoms with E-state index in [1.807, 2.05) is 35.2 Å². The molecular formula is C20H21N3O4. The van der Waals surface area contributed by atoms with Gasteiger partial charge in [0, 0.05) is 37.7 Å². The molecule has 1 aliphatic rings. The Labute approximate surface area is 155 Å². The number of anilines is 1. The van der Waals surface area contributed by atoms with Crippen LogP contribution in [0.1, 0.15) is 12.8 Å². The second kappa shape index (κ2) is 7.57. The van der Waals surface area contributed by atoms with Crippen LogP contribution in [-0.4, -0.2) is 41.5 Å². The van der Waals surface area contributed by atoms with Gasteiger partial charge in [0.1, 0.15) is 11.9 Å². The SMILES string of the molecule is O=C(CNc1ccc2[nH]c(=O)oc2c1)N1CCC(Oc2ccccc2)CC1. The lowest BCUT2D eigenvalue weighted by Crippen LogP contribution is -2.44. The first kappa shape index (κ1) is 17.2. The van der Waals surface area contributed by atoms with E-state index in [0.29, 0.717) is 24.2 Å². The van der Waals surface area contributed by atoms with Gasteiger partial charge in [-0.15, -0.1) is 0 Å². The number of hydrogen-bond acceptors (Lipinski definition) is 5. The summed E-state index contributed by atoms with van der Waals surface area (Å²) in [6.45, 7) is 1.57. The molecule has 0 unspecified atom stereocenters. The second-order valence-corrected chi connectivity index (χ2v) is 6.59. The number of oxazole rings is 1. The summed E-state index contributed by atoms with van der Waals surface area (Å²) in [5.74, 6) is 0.429. The minimum absolute atomic E-state index is 0.0452. The zero-order valence-electron chi connectivity index (χ0n) is 14.8. The summed E-state index contributed by atoms with van der Waals surface area (Å²) in [7, 11) is 0. The molecular weight excluding hydrogens is 346 g/mol. The van der Waals surface area contributed by atoms with Crippen molar-refractivity contribution in [2.75, 3.05) is 25.0 Å². The summed E-state index contributed by atoms with van der Waals surface area (Å²) in [6, 6.07) is 15.0. The van der Waals surface area contributed by atoms with Crippen molar-refractivity contribution in [3.63, 3.8) is 0 Å². The molecule has 0 aliphatic carbocycles. The smallest absolute Gasteiger partial charge is 0.417 e. The van der Waals surface area contributed by atoms with Crippen molar-refractivity contribution in [1.29, 1.82) is 0 Å². The Morgan fingerprint density at radius 3 is 2.74 bits per heavy atom. The highest BCUT2D eigenvalue weighted by Crippen LogP contribution is 2.19. The molecule has 0 saturated carbocycles. The first-order valence-electron chi connectivity index (χ1n) is 9.03. The van der Waals surface area contributed by atoms with Gasteiger partial charge in [0.15, 0.2) is 5.58 Å². The Morgan fingerprint density at radius 1 is 1.19 bits per heavy atom. The van der Waals surface area contributed by atoms with Crippen LogP contribution in [0.3, 0.4) is 0 Å². The molecule has 7 nitrogen and oxygen atoms in total. The van der Waals surface area contributed by atoms with Gasteiger partial charge in [0.05, 0.1) is 12.1 Å². The number of fused-ring (bicyclic) bond motifs is 1. The number of ether oxygens (including phenoxy) is 1. The van der Waals surface area contributed by atoms with Crippen molar-refractivity contribution < 1.29 is 13.9 Å². The van der Waals surface area contributed by atoms with E-state index in [2.05, 4.69) is 10.3 Å². The topological polar surface area (TPSA) is 87.6 Å². The number of carbonyl (C=O) groups excluding carboxylic acids is 1. The van der Waals surface area contributed by atoms with Crippen LogP contribution >= 0.6 is 0 Å². The number of rotatable bonds is 5. The first-order valence-corrected chi connectivity index (χ1v) is 9.03. The number of aromatic amines is 1. The molecule has 2 N–H and O–H groups in total. The fourth-order valence-corrected chi connectivity index (χ4v) is 3.26. The molecule has 0 spiro atoms. The molecule has 140 valence electrons. The van der Waals surface area contributed by atoms with Crippen LogP contribution in [0.15, 0.2) is 57.7 Å². The Balaban J connectivity index is 1.27. The number of H-pyrrole nitrogens is 1. The third-order valence-corrected chi connectivity index (χ3v) is 4.71. The molecule has 2 aromatic carbocycles. The Kier molecular flexibility index (Phi) is 4.82. The lowest BCUT2D eigenvalue weighted by Gasteiger charge is -2.32. The minimum Gasteiger partial charge on any atom is -0.490 e. The van der Waals surface area contributed by atoms with Crippen LogP contribution in [-0.2, 0) is 4.79 Å². The highest BCUT2D eigenvalue weighted by molar-refractivity contribution is 5.82. The maximum Gasteiger partial charge on any atom is 0.417 e. The van der Waals surface area contributed by atoms with Gasteiger partial charge in [-0.25, -0.2) is 4.79 Å². The van der Waals surface area contributed by atoms with E-state index >= 15 is 0 Å². The van der Waals surface area contributed by atoms with E-state index in [4.69, 9.17) is 9.15 Å². The fraction of sp³-hybridized carbons (Fsp3) is 0.300. The number of para-hydroxylation sites is 1. The maximum absolute atomic E-state index is 12.4. The fourth-order valence-electron chi connectivity index (χ4n) is 3.26. The summed E-state index contributed by atoms with van der Waals surface area (Å²) in [4.78, 5) is 28.1. The van der Waals surface area contributed by atoms with E-state index in [-0.39, 0.29) is 18.6 Å². The van der Waals surface area contributed by atoms with Gasteiger partial charge in [0.2, 0.25) is 5.91 Å². The minimum atomic E-state index is -0.487. The number of amides is 1. The average Bonchev–Trinajstić information content (AvgIpc) is 3.07. The van der Waals surface area contributed by atoms with E-state index in [1.54, 1.807) is 18.2 Å². The van der Waals surface area contributed by atoms with Gasteiger partial charge >= 0.3 is 5.76 Å². The standard InChI is InChI=1S/C20H21N3O4/c24-19(13-21-14-6-7-17-18(12-14)27-20(25)22-17)23-10-8-16(9-11-23)26-15-4-2-1-3-5-15/h1-7,12,16,21H,8-11,13H2,(H,22,25). The predicted octanol–water partition coefficient (Wildman–Crippen LogP) is 2.60. The predicted molar refractivity (Wildman–Crippen MR) is 102 cm³/mol. The molecule has 1 amide bonds. The summed E-state index contributed by atoms with van der Waals surface area (Å²) < 4.78 is 11.0. The maximum atomic E-state index is 12.4. The third-order valence-electron chi connectivity index (χ3n) is 4.71. The molecule has 0 atom stereocenters. The number of nitrogens with one attached hydrogen (secondary N) is 2. The van der Waals surface area contributed by atoms with E-state index in [9.17, 15) is 9.59 Å². The molecule has 1 aromatic heterocycles. The molecule has 2 heterocycles. The number of benzene rings is 2. The summed E-state index contributed by atoms with van der Waals surface area (Å²) in [5.41, 5.74) is 1.84. The van der Waals surface area contributed by atoms with Crippen molar-refractivity contribution in [1.82, 2.24) is 9.88 Å². The molecule has 1 fully saturated rings. The lowest BCUT2D eigenvalue weighted by atomic mass is 10.1. The highest BCUT2D eigenvalue weighted by Gasteiger charge is 2.23. The van der Waals surface area contributed by atoms with E-state index < -0.39 is 5.76 Å². The number of piperidine rings is 1. The lowest BCUT2D eigenvalue weighted by molar-refractivity contribution is -0.131. The quantitative estimate of drug-likeness (QED) is 0.724. The zero-order chi connectivity index (χ0) is 18.6. The molecule has 0 radical (unpaired) electrons. The second-order valence-electron chi connectivity index (χ2n) is 6.59. The Hall–Kier alpha value is -3.22. The summed E-state index contributed by atoms with van der Waals surface area (Å²) >= 11 is 0. The Morgan fingerprint density at radius 2 is 1.96 bits per heavy atom. The zero-order valence-corrected chi connectivity index (χ0v) is 14.8. The van der Waals surface area contributed by atoms with Crippen LogP contribution in [0.5, 0.6) is 5.75 Å². The first-order chi connectivity index (χ1) is 13.2. The molecule has 3 aromatic rings. The third kappa shape index (κ3) is 4.13. The van der Waals surface area contributed by atoms with Crippen LogP contribution in [0.25, 0.3) is 11.1 Å². The van der Waals surface area contributed by atoms with Gasteiger partial charge in [-0.3, -0.25) is 9.78 Å². The molecule has 4 rings (SSSR count). The summed E-state index contributed by atoms with van der Waals surface area (Å²) in [6.07, 6.45) is 1.78. The number of nitrogens with zero attached hydrogens (tertiary/aromatic N) is 1. The van der Waals surface area contributed by atoms with E-state index in [1.165, 1.54) is 0 Å². The number of aromatic nitrogens is 1. The van der Waals surface area contributed by atoms with Crippen molar-refractivity contribution >= 4 is 22.7 Å². The number of carbonyl (C=O) groups is 1. The molecule has 7 heteroatoms. The Bertz CT molecular complexity index is 972. The molecule has 27 heavy (non-hydrogen) atoms. The van der Waals surface area contributed by atoms with Crippen molar-refractivity contribution in [2.24, 2.45) is 0 Å². The van der Waals surface area contributed by atoms with Crippen molar-refractivity contribution in [3.05, 3.63) is 59.1 Å². The summed E-state index contributed by atoms with van der Waals surface area (Å²) in [5, 5.41) is 3.10. The van der Waals surface area contributed by atoms with Crippen molar-refractivity contribution in [2.45, 2.75) is 18.9 Å². The van der Waals surface area contributed by atoms with Crippen LogP contribution in [0.2, 0.25) is 0 Å². The van der Waals surface area contributed by atoms with Crippen LogP contribution in [0.4, 0.5) is 5.69 Å². The van der Waals surface area contributed by atoms with Gasteiger partial charge < -0.3 is 19.4 Å². The van der Waals surface area contributed by atoms with Gasteiger partial charge in [-0.05, 0) is 24.3 Å². The van der Waals surface area contributed by atoms with Crippen LogP contribution in [0, 0.1) is 0 Å². The van der Waals surface area contributed by atoms with Crippen molar-refractivity contribution in [3.8, 4) is 5.75 Å². The number of likely N-dealkylation sites (tertiary alicyclic amines) is 1. The highest BCUT2D eigenvalue weighted by atomic mass is 16.5. The average molecular weight is 367 g/mol. The monoisotopic (exact) mass is 367 g/mol. The van der Waals surface area contributed by atoms with Crippen LogP contribution < -0.4 is 15.8 Å². The normalized spacial score (nSPS) is 15.0. The van der Waals surface area contributed by atoms with Gasteiger partial charge in [-0.2, -0.15) is 0 Å². The van der Waals surface area contributed by atoms with Gasteiger partial charge in [-0.1, -0.05) is 18.2 Å².